The standard InChI is InChI=1S/C20H18N4O3/c1-13-15(12-24(22-13)16-5-3-2-4-6-16)11-23-19(26)18(21-20(23)27)14-7-9-17(25)10-8-14/h2-10,12,18,25H,11H2,1H3,(H,21,27). The number of rotatable bonds is 4. The Morgan fingerprint density at radius 2 is 1.78 bits per heavy atom. The van der Waals surface area contributed by atoms with Crippen molar-refractivity contribution in [2.45, 2.75) is 19.5 Å². The highest BCUT2D eigenvalue weighted by atomic mass is 16.3. The maximum Gasteiger partial charge on any atom is 0.325 e. The van der Waals surface area contributed by atoms with E-state index in [9.17, 15) is 14.7 Å². The molecule has 0 radical (unpaired) electrons. The number of aromatic hydroxyl groups is 1. The number of benzene rings is 2. The molecule has 3 aromatic rings. The molecule has 1 fully saturated rings. The molecule has 7 heteroatoms. The summed E-state index contributed by atoms with van der Waals surface area (Å²) in [6, 6.07) is 14.7. The van der Waals surface area contributed by atoms with Crippen molar-refractivity contribution in [3.05, 3.63) is 77.6 Å². The van der Waals surface area contributed by atoms with Crippen LogP contribution in [0.5, 0.6) is 5.75 Å². The highest BCUT2D eigenvalue weighted by Gasteiger charge is 2.39. The molecule has 0 bridgehead atoms. The molecule has 0 saturated carbocycles. The molecule has 4 rings (SSSR count). The second-order valence-electron chi connectivity index (χ2n) is 6.42. The molecule has 2 N–H and O–H groups in total. The molecule has 0 spiro atoms. The normalized spacial score (nSPS) is 16.6. The quantitative estimate of drug-likeness (QED) is 0.699. The molecule has 1 atom stereocenters. The van der Waals surface area contributed by atoms with Gasteiger partial charge in [-0.05, 0) is 36.8 Å². The summed E-state index contributed by atoms with van der Waals surface area (Å²) in [5.74, 6) is -0.214. The third-order valence-electron chi connectivity index (χ3n) is 4.60. The minimum absolute atomic E-state index is 0.108. The predicted molar refractivity (Wildman–Crippen MR) is 98.2 cm³/mol. The molecular formula is C20H18N4O3. The van der Waals surface area contributed by atoms with Crippen molar-refractivity contribution >= 4 is 11.9 Å². The van der Waals surface area contributed by atoms with Crippen LogP contribution >= 0.6 is 0 Å². The van der Waals surface area contributed by atoms with Crippen molar-refractivity contribution in [3.63, 3.8) is 0 Å². The van der Waals surface area contributed by atoms with Gasteiger partial charge >= 0.3 is 6.03 Å². The van der Waals surface area contributed by atoms with Crippen LogP contribution in [0.2, 0.25) is 0 Å². The van der Waals surface area contributed by atoms with Crippen LogP contribution in [0.15, 0.2) is 60.8 Å². The molecule has 1 aliphatic rings. The van der Waals surface area contributed by atoms with Crippen molar-refractivity contribution in [2.75, 3.05) is 0 Å². The SMILES string of the molecule is Cc1nn(-c2ccccc2)cc1CN1C(=O)NC(c2ccc(O)cc2)C1=O. The number of aryl methyl sites for hydroxylation is 1. The Bertz CT molecular complexity index is 996. The number of hydrogen-bond acceptors (Lipinski definition) is 4. The van der Waals surface area contributed by atoms with E-state index in [4.69, 9.17) is 0 Å². The second-order valence-corrected chi connectivity index (χ2v) is 6.42. The Labute approximate surface area is 155 Å². The maximum absolute atomic E-state index is 12.7. The molecule has 136 valence electrons. The molecule has 7 nitrogen and oxygen atoms in total. The minimum atomic E-state index is -0.748. The summed E-state index contributed by atoms with van der Waals surface area (Å²) < 4.78 is 1.74. The summed E-state index contributed by atoms with van der Waals surface area (Å²) in [5, 5.41) is 16.6. The fourth-order valence-electron chi connectivity index (χ4n) is 3.10. The van der Waals surface area contributed by atoms with E-state index < -0.39 is 12.1 Å². The van der Waals surface area contributed by atoms with Gasteiger partial charge < -0.3 is 10.4 Å². The van der Waals surface area contributed by atoms with Crippen molar-refractivity contribution in [1.82, 2.24) is 20.0 Å². The van der Waals surface area contributed by atoms with Gasteiger partial charge in [0.2, 0.25) is 0 Å². The lowest BCUT2D eigenvalue weighted by Crippen LogP contribution is -2.30. The average Bonchev–Trinajstić information content (AvgIpc) is 3.18. The predicted octanol–water partition coefficient (Wildman–Crippen LogP) is 2.68. The monoisotopic (exact) mass is 362 g/mol. The summed E-state index contributed by atoms with van der Waals surface area (Å²) in [6.45, 7) is 2.00. The van der Waals surface area contributed by atoms with E-state index in [0.717, 1.165) is 16.9 Å². The van der Waals surface area contributed by atoms with Crippen LogP contribution in [0, 0.1) is 6.92 Å². The number of hydrogen-bond donors (Lipinski definition) is 2. The molecular weight excluding hydrogens is 344 g/mol. The van der Waals surface area contributed by atoms with Crippen molar-refractivity contribution in [3.8, 4) is 11.4 Å². The first-order valence-corrected chi connectivity index (χ1v) is 8.54. The molecule has 27 heavy (non-hydrogen) atoms. The average molecular weight is 362 g/mol. The van der Waals surface area contributed by atoms with E-state index in [-0.39, 0.29) is 18.2 Å². The Morgan fingerprint density at radius 1 is 1.07 bits per heavy atom. The number of imide groups is 1. The lowest BCUT2D eigenvalue weighted by molar-refractivity contribution is -0.128. The number of para-hydroxylation sites is 1. The second kappa shape index (κ2) is 6.60. The van der Waals surface area contributed by atoms with Gasteiger partial charge in [0.05, 0.1) is 17.9 Å². The summed E-state index contributed by atoms with van der Waals surface area (Å²) in [6.07, 6.45) is 1.83. The topological polar surface area (TPSA) is 87.5 Å². The van der Waals surface area contributed by atoms with Gasteiger partial charge in [0.25, 0.3) is 5.91 Å². The van der Waals surface area contributed by atoms with E-state index in [1.807, 2.05) is 43.5 Å². The van der Waals surface area contributed by atoms with Crippen LogP contribution in [0.1, 0.15) is 22.9 Å². The van der Waals surface area contributed by atoms with E-state index in [1.54, 1.807) is 16.8 Å². The van der Waals surface area contributed by atoms with Gasteiger partial charge in [0, 0.05) is 11.8 Å². The largest absolute Gasteiger partial charge is 0.508 e. The number of aromatic nitrogens is 2. The number of phenolic OH excluding ortho intramolecular Hbond substituents is 1. The third kappa shape index (κ3) is 3.15. The maximum atomic E-state index is 12.7. The van der Waals surface area contributed by atoms with Crippen molar-refractivity contribution in [2.24, 2.45) is 0 Å². The number of urea groups is 1. The van der Waals surface area contributed by atoms with E-state index in [2.05, 4.69) is 10.4 Å². The first-order valence-electron chi connectivity index (χ1n) is 8.54. The van der Waals surface area contributed by atoms with Crippen LogP contribution in [0.4, 0.5) is 4.79 Å². The van der Waals surface area contributed by atoms with Gasteiger partial charge in [-0.25, -0.2) is 9.48 Å². The molecule has 1 aliphatic heterocycles. The Morgan fingerprint density at radius 3 is 2.48 bits per heavy atom. The highest BCUT2D eigenvalue weighted by Crippen LogP contribution is 2.25. The fourth-order valence-corrected chi connectivity index (χ4v) is 3.10. The first kappa shape index (κ1) is 16.8. The van der Waals surface area contributed by atoms with E-state index in [1.165, 1.54) is 17.0 Å². The lowest BCUT2D eigenvalue weighted by atomic mass is 10.1. The smallest absolute Gasteiger partial charge is 0.325 e. The van der Waals surface area contributed by atoms with E-state index in [0.29, 0.717) is 5.56 Å². The summed E-state index contributed by atoms with van der Waals surface area (Å²) in [5.41, 5.74) is 3.10. The molecule has 0 aliphatic carbocycles. The Balaban J connectivity index is 1.56. The van der Waals surface area contributed by atoms with Gasteiger partial charge in [-0.1, -0.05) is 30.3 Å². The lowest BCUT2D eigenvalue weighted by Gasteiger charge is -2.12. The first-order chi connectivity index (χ1) is 13.0. The zero-order chi connectivity index (χ0) is 19.0. The fraction of sp³-hybridized carbons (Fsp3) is 0.150. The highest BCUT2D eigenvalue weighted by molar-refractivity contribution is 6.04. The summed E-state index contributed by atoms with van der Waals surface area (Å²) >= 11 is 0. The van der Waals surface area contributed by atoms with Gasteiger partial charge in [-0.3, -0.25) is 9.69 Å². The van der Waals surface area contributed by atoms with Crippen LogP contribution in [0.25, 0.3) is 5.69 Å². The Hall–Kier alpha value is -3.61. The molecule has 1 unspecified atom stereocenters. The van der Waals surface area contributed by atoms with Gasteiger partial charge in [0.15, 0.2) is 0 Å². The van der Waals surface area contributed by atoms with Gasteiger partial charge in [0.1, 0.15) is 11.8 Å². The summed E-state index contributed by atoms with van der Waals surface area (Å²) in [4.78, 5) is 26.3. The number of carbonyl (C=O) groups is 2. The number of carbonyl (C=O) groups excluding carboxylic acids is 2. The van der Waals surface area contributed by atoms with Gasteiger partial charge in [-0.2, -0.15) is 5.10 Å². The van der Waals surface area contributed by atoms with Crippen LogP contribution in [-0.2, 0) is 11.3 Å². The molecule has 2 aromatic carbocycles. The van der Waals surface area contributed by atoms with Crippen LogP contribution in [-0.4, -0.2) is 31.7 Å². The number of nitrogens with one attached hydrogen (secondary N) is 1. The summed E-state index contributed by atoms with van der Waals surface area (Å²) in [7, 11) is 0. The molecule has 3 amide bonds. The molecule has 1 aromatic heterocycles. The number of nitrogens with zero attached hydrogens (tertiary/aromatic N) is 3. The number of phenols is 1. The van der Waals surface area contributed by atoms with Crippen LogP contribution < -0.4 is 5.32 Å². The van der Waals surface area contributed by atoms with Crippen molar-refractivity contribution < 1.29 is 14.7 Å². The molecule has 2 heterocycles. The molecule has 1 saturated heterocycles. The van der Waals surface area contributed by atoms with E-state index >= 15 is 0 Å². The van der Waals surface area contributed by atoms with Crippen LogP contribution in [0.3, 0.4) is 0 Å². The van der Waals surface area contributed by atoms with Gasteiger partial charge in [-0.15, -0.1) is 0 Å². The Kier molecular flexibility index (Phi) is 4.12. The minimum Gasteiger partial charge on any atom is -0.508 e. The third-order valence-corrected chi connectivity index (χ3v) is 4.60. The zero-order valence-corrected chi connectivity index (χ0v) is 14.7. The van der Waals surface area contributed by atoms with Crippen molar-refractivity contribution in [1.29, 1.82) is 0 Å². The number of amides is 3. The zero-order valence-electron chi connectivity index (χ0n) is 14.7.